The van der Waals surface area contributed by atoms with Crippen molar-refractivity contribution in [1.29, 1.82) is 0 Å². The minimum Gasteiger partial charge on any atom is -0.447 e. The van der Waals surface area contributed by atoms with E-state index in [1.54, 1.807) is 0 Å². The molecule has 0 amide bonds. The number of carbonyl (C=O) groups excluding carboxylic acids is 2. The van der Waals surface area contributed by atoms with E-state index in [1.807, 2.05) is 60.7 Å². The van der Waals surface area contributed by atoms with E-state index in [0.29, 0.717) is 6.42 Å². The predicted molar refractivity (Wildman–Crippen MR) is 76.5 cm³/mol. The quantitative estimate of drug-likeness (QED) is 0.626. The normalized spacial score (nSPS) is 30.5. The predicted octanol–water partition coefficient (Wildman–Crippen LogP) is 2.81. The first-order chi connectivity index (χ1) is 10.2. The molecular weight excluding hydrogens is 264 g/mol. The van der Waals surface area contributed by atoms with Crippen LogP contribution in [0.25, 0.3) is 0 Å². The maximum Gasteiger partial charge on any atom is 0.376 e. The van der Waals surface area contributed by atoms with Crippen molar-refractivity contribution in [3.05, 3.63) is 71.8 Å². The van der Waals surface area contributed by atoms with Crippen molar-refractivity contribution in [2.75, 3.05) is 0 Å². The summed E-state index contributed by atoms with van der Waals surface area (Å²) in [5, 5.41) is 0. The highest BCUT2D eigenvalue weighted by Crippen LogP contribution is 2.62. The number of Topliss-reactive ketones (excluding diaryl/α,β-unsaturated/α-hetero) is 1. The Balaban J connectivity index is 1.85. The standard InChI is InChI=1S/C18H14O3/c19-16-15-11-14(12-7-3-1-4-8-12)18(15,21-17(16)20)13-9-5-2-6-10-13/h1-10,14-15H,11H2/t14-,15+,18+/m1/s1. The van der Waals surface area contributed by atoms with E-state index in [-0.39, 0.29) is 17.6 Å². The van der Waals surface area contributed by atoms with Gasteiger partial charge in [0.05, 0.1) is 5.92 Å². The first-order valence-corrected chi connectivity index (χ1v) is 7.11. The Labute approximate surface area is 122 Å². The van der Waals surface area contributed by atoms with E-state index in [0.717, 1.165) is 11.1 Å². The molecule has 3 heteroatoms. The van der Waals surface area contributed by atoms with E-state index in [2.05, 4.69) is 0 Å². The summed E-state index contributed by atoms with van der Waals surface area (Å²) in [4.78, 5) is 23.9. The zero-order valence-corrected chi connectivity index (χ0v) is 11.4. The van der Waals surface area contributed by atoms with Gasteiger partial charge in [-0.15, -0.1) is 0 Å². The number of fused-ring (bicyclic) bond motifs is 1. The second-order valence-electron chi connectivity index (χ2n) is 5.66. The second kappa shape index (κ2) is 4.29. The average Bonchev–Trinajstić information content (AvgIpc) is 2.70. The number of hydrogen-bond acceptors (Lipinski definition) is 3. The van der Waals surface area contributed by atoms with Crippen molar-refractivity contribution in [1.82, 2.24) is 0 Å². The van der Waals surface area contributed by atoms with Crippen LogP contribution < -0.4 is 0 Å². The van der Waals surface area contributed by atoms with Gasteiger partial charge in [0.2, 0.25) is 5.78 Å². The summed E-state index contributed by atoms with van der Waals surface area (Å²) in [6, 6.07) is 19.6. The molecule has 2 aromatic carbocycles. The molecule has 2 aromatic rings. The van der Waals surface area contributed by atoms with Crippen LogP contribution >= 0.6 is 0 Å². The van der Waals surface area contributed by atoms with Crippen LogP contribution in [0.4, 0.5) is 0 Å². The van der Waals surface area contributed by atoms with Gasteiger partial charge < -0.3 is 4.74 Å². The van der Waals surface area contributed by atoms with Crippen LogP contribution in [-0.2, 0) is 19.9 Å². The fourth-order valence-corrected chi connectivity index (χ4v) is 3.69. The summed E-state index contributed by atoms with van der Waals surface area (Å²) in [5.74, 6) is -1.38. The highest BCUT2D eigenvalue weighted by Gasteiger charge is 2.68. The van der Waals surface area contributed by atoms with Gasteiger partial charge in [-0.25, -0.2) is 4.79 Å². The Morgan fingerprint density at radius 2 is 1.48 bits per heavy atom. The lowest BCUT2D eigenvalue weighted by molar-refractivity contribution is -0.162. The maximum atomic E-state index is 12.0. The molecule has 0 bridgehead atoms. The molecule has 0 unspecified atom stereocenters. The number of hydrogen-bond donors (Lipinski definition) is 0. The van der Waals surface area contributed by atoms with Crippen LogP contribution in [0, 0.1) is 5.92 Å². The Morgan fingerprint density at radius 1 is 0.857 bits per heavy atom. The molecule has 0 spiro atoms. The van der Waals surface area contributed by atoms with Gasteiger partial charge in [0.15, 0.2) is 5.60 Å². The maximum absolute atomic E-state index is 12.0. The molecule has 1 aliphatic heterocycles. The van der Waals surface area contributed by atoms with E-state index in [9.17, 15) is 9.59 Å². The van der Waals surface area contributed by atoms with Crippen LogP contribution in [0.5, 0.6) is 0 Å². The van der Waals surface area contributed by atoms with Crippen molar-refractivity contribution >= 4 is 11.8 Å². The van der Waals surface area contributed by atoms with Gasteiger partial charge in [-0.2, -0.15) is 0 Å². The third kappa shape index (κ3) is 1.54. The Kier molecular flexibility index (Phi) is 2.52. The first-order valence-electron chi connectivity index (χ1n) is 7.11. The van der Waals surface area contributed by atoms with Crippen molar-refractivity contribution in [3.63, 3.8) is 0 Å². The number of benzene rings is 2. The lowest BCUT2D eigenvalue weighted by Crippen LogP contribution is -2.50. The van der Waals surface area contributed by atoms with Crippen LogP contribution in [0.2, 0.25) is 0 Å². The van der Waals surface area contributed by atoms with E-state index in [4.69, 9.17) is 4.74 Å². The molecule has 21 heavy (non-hydrogen) atoms. The molecule has 4 rings (SSSR count). The Morgan fingerprint density at radius 3 is 2.10 bits per heavy atom. The molecule has 2 aliphatic rings. The molecule has 0 N–H and O–H groups in total. The highest BCUT2D eigenvalue weighted by atomic mass is 16.6. The minimum absolute atomic E-state index is 0.0431. The molecule has 1 aliphatic carbocycles. The van der Waals surface area contributed by atoms with Crippen LogP contribution in [0.15, 0.2) is 60.7 Å². The van der Waals surface area contributed by atoms with Crippen LogP contribution in [0.1, 0.15) is 23.5 Å². The van der Waals surface area contributed by atoms with Crippen molar-refractivity contribution in [2.24, 2.45) is 5.92 Å². The van der Waals surface area contributed by atoms with Gasteiger partial charge in [-0.1, -0.05) is 60.7 Å². The lowest BCUT2D eigenvalue weighted by Gasteiger charge is -2.49. The zero-order valence-electron chi connectivity index (χ0n) is 11.4. The van der Waals surface area contributed by atoms with Gasteiger partial charge in [0.25, 0.3) is 0 Å². The molecule has 1 saturated heterocycles. The van der Waals surface area contributed by atoms with Gasteiger partial charge in [0.1, 0.15) is 0 Å². The summed E-state index contributed by atoms with van der Waals surface area (Å²) >= 11 is 0. The molecule has 1 saturated carbocycles. The monoisotopic (exact) mass is 278 g/mol. The van der Waals surface area contributed by atoms with Crippen molar-refractivity contribution in [2.45, 2.75) is 17.9 Å². The van der Waals surface area contributed by atoms with Gasteiger partial charge in [-0.05, 0) is 17.5 Å². The molecule has 0 radical (unpaired) electrons. The Hall–Kier alpha value is -2.42. The summed E-state index contributed by atoms with van der Waals surface area (Å²) in [7, 11) is 0. The first kappa shape index (κ1) is 12.3. The summed E-state index contributed by atoms with van der Waals surface area (Å²) in [6.45, 7) is 0. The molecule has 1 heterocycles. The molecule has 0 aromatic heterocycles. The average molecular weight is 278 g/mol. The van der Waals surface area contributed by atoms with Crippen LogP contribution in [-0.4, -0.2) is 11.8 Å². The summed E-state index contributed by atoms with van der Waals surface area (Å²) in [5.41, 5.74) is 1.21. The van der Waals surface area contributed by atoms with Gasteiger partial charge >= 0.3 is 5.97 Å². The fraction of sp³-hybridized carbons (Fsp3) is 0.222. The van der Waals surface area contributed by atoms with Gasteiger partial charge in [-0.3, -0.25) is 4.79 Å². The van der Waals surface area contributed by atoms with Crippen molar-refractivity contribution in [3.8, 4) is 0 Å². The smallest absolute Gasteiger partial charge is 0.376 e. The molecule has 3 atom stereocenters. The van der Waals surface area contributed by atoms with E-state index < -0.39 is 11.6 Å². The second-order valence-corrected chi connectivity index (χ2v) is 5.66. The molecule has 2 fully saturated rings. The summed E-state index contributed by atoms with van der Waals surface area (Å²) in [6.07, 6.45) is 0.670. The molecular formula is C18H14O3. The number of rotatable bonds is 2. The van der Waals surface area contributed by atoms with E-state index in [1.165, 1.54) is 0 Å². The highest BCUT2D eigenvalue weighted by molar-refractivity contribution is 6.37. The minimum atomic E-state index is -0.809. The number of ether oxygens (including phenoxy) is 1. The fourth-order valence-electron chi connectivity index (χ4n) is 3.69. The largest absolute Gasteiger partial charge is 0.447 e. The van der Waals surface area contributed by atoms with Crippen molar-refractivity contribution < 1.29 is 14.3 Å². The molecule has 104 valence electrons. The lowest BCUT2D eigenvalue weighted by atomic mass is 9.56. The van der Waals surface area contributed by atoms with Gasteiger partial charge in [0, 0.05) is 5.92 Å². The third-order valence-electron chi connectivity index (χ3n) is 4.71. The zero-order chi connectivity index (χ0) is 14.4. The topological polar surface area (TPSA) is 43.4 Å². The van der Waals surface area contributed by atoms with E-state index >= 15 is 0 Å². The Bertz CT molecular complexity index is 708. The third-order valence-corrected chi connectivity index (χ3v) is 4.71. The SMILES string of the molecule is O=C1O[C@@]2(c3ccccc3)[C@@H](c3ccccc3)C[C@H]2C1=O. The van der Waals surface area contributed by atoms with Crippen LogP contribution in [0.3, 0.4) is 0 Å². The number of carbonyl (C=O) groups is 2. The molecule has 3 nitrogen and oxygen atoms in total. The number of ketones is 1. The number of esters is 1. The summed E-state index contributed by atoms with van der Waals surface area (Å²) < 4.78 is 5.62.